The molecule has 0 unspecified atom stereocenters. The van der Waals surface area contributed by atoms with Gasteiger partial charge in [0.2, 0.25) is 5.95 Å². The predicted octanol–water partition coefficient (Wildman–Crippen LogP) is 4.29. The lowest BCUT2D eigenvalue weighted by molar-refractivity contribution is -0.147. The van der Waals surface area contributed by atoms with Crippen molar-refractivity contribution in [3.8, 4) is 11.3 Å². The highest BCUT2D eigenvalue weighted by atomic mass is 35.5. The van der Waals surface area contributed by atoms with Crippen LogP contribution in [0.1, 0.15) is 54.8 Å². The Kier molecular flexibility index (Phi) is 9.44. The van der Waals surface area contributed by atoms with Gasteiger partial charge in [0.15, 0.2) is 0 Å². The maximum Gasteiger partial charge on any atom is 0.308 e. The van der Waals surface area contributed by atoms with E-state index in [1.807, 2.05) is 13.8 Å². The molecule has 1 amide bonds. The van der Waals surface area contributed by atoms with Gasteiger partial charge < -0.3 is 25.5 Å². The van der Waals surface area contributed by atoms with Crippen molar-refractivity contribution >= 4 is 29.4 Å². The zero-order chi connectivity index (χ0) is 26.2. The smallest absolute Gasteiger partial charge is 0.308 e. The lowest BCUT2D eigenvalue weighted by atomic mass is 10.1. The van der Waals surface area contributed by atoms with Crippen molar-refractivity contribution in [2.75, 3.05) is 18.5 Å². The van der Waals surface area contributed by atoms with Gasteiger partial charge in [-0.25, -0.2) is 9.97 Å². The second kappa shape index (κ2) is 12.5. The molecule has 192 valence electrons. The van der Waals surface area contributed by atoms with E-state index >= 15 is 0 Å². The predicted molar refractivity (Wildman–Crippen MR) is 139 cm³/mol. The molecule has 9 nitrogen and oxygen atoms in total. The average Bonchev–Trinajstić information content (AvgIpc) is 3.36. The molecule has 0 radical (unpaired) electrons. The van der Waals surface area contributed by atoms with E-state index in [0.29, 0.717) is 39.9 Å². The molecule has 0 bridgehead atoms. The number of halogens is 1. The molecule has 0 spiro atoms. The lowest BCUT2D eigenvalue weighted by Gasteiger charge is -2.18. The van der Waals surface area contributed by atoms with Gasteiger partial charge in [-0.3, -0.25) is 9.59 Å². The van der Waals surface area contributed by atoms with Gasteiger partial charge in [-0.2, -0.15) is 0 Å². The van der Waals surface area contributed by atoms with E-state index in [4.69, 9.17) is 16.3 Å². The number of amides is 1. The second-order valence-electron chi connectivity index (χ2n) is 8.83. The van der Waals surface area contributed by atoms with Crippen LogP contribution < -0.4 is 10.6 Å². The number of ether oxygens (including phenoxy) is 1. The third-order valence-corrected chi connectivity index (χ3v) is 5.87. The minimum absolute atomic E-state index is 0.141. The van der Waals surface area contributed by atoms with Crippen LogP contribution in [0.3, 0.4) is 0 Å². The molecule has 10 heteroatoms. The topological polar surface area (TPSA) is 129 Å². The monoisotopic (exact) mass is 513 g/mol. The van der Waals surface area contributed by atoms with Crippen LogP contribution in [0.2, 0.25) is 5.02 Å². The fourth-order valence-electron chi connectivity index (χ4n) is 3.45. The molecule has 3 rings (SSSR count). The minimum atomic E-state index is -0.602. The van der Waals surface area contributed by atoms with Gasteiger partial charge in [0.1, 0.15) is 12.3 Å². The number of carbonyl (C=O) groups is 2. The number of rotatable bonds is 11. The molecule has 0 saturated carbocycles. The van der Waals surface area contributed by atoms with Crippen molar-refractivity contribution in [2.45, 2.75) is 46.2 Å². The van der Waals surface area contributed by atoms with Crippen molar-refractivity contribution in [3.05, 3.63) is 64.6 Å². The summed E-state index contributed by atoms with van der Waals surface area (Å²) < 4.78 is 5.34. The molecule has 2 atom stereocenters. The highest BCUT2D eigenvalue weighted by Crippen LogP contribution is 2.24. The molecular weight excluding hydrogens is 482 g/mol. The van der Waals surface area contributed by atoms with Crippen LogP contribution in [-0.2, 0) is 9.53 Å². The van der Waals surface area contributed by atoms with Crippen molar-refractivity contribution in [3.63, 3.8) is 0 Å². The lowest BCUT2D eigenvalue weighted by Crippen LogP contribution is -2.31. The Labute approximate surface area is 215 Å². The summed E-state index contributed by atoms with van der Waals surface area (Å²) >= 11 is 6.04. The number of nitrogens with zero attached hydrogens (tertiary/aromatic N) is 2. The number of aromatic amines is 1. The van der Waals surface area contributed by atoms with E-state index in [2.05, 4.69) is 25.6 Å². The number of aromatic nitrogens is 3. The molecule has 0 fully saturated rings. The average molecular weight is 514 g/mol. The van der Waals surface area contributed by atoms with E-state index in [9.17, 15) is 14.7 Å². The molecule has 4 N–H and O–H groups in total. The third kappa shape index (κ3) is 7.05. The molecule has 0 aliphatic carbocycles. The number of anilines is 1. The van der Waals surface area contributed by atoms with Crippen molar-refractivity contribution in [1.82, 2.24) is 20.3 Å². The number of nitrogens with one attached hydrogen (secondary N) is 3. The van der Waals surface area contributed by atoms with Gasteiger partial charge in [0.05, 0.1) is 30.3 Å². The fraction of sp³-hybridized carbons (Fsp3) is 0.385. The van der Waals surface area contributed by atoms with Gasteiger partial charge in [-0.1, -0.05) is 44.5 Å². The molecule has 2 heterocycles. The van der Waals surface area contributed by atoms with Crippen LogP contribution in [0.5, 0.6) is 0 Å². The largest absolute Gasteiger partial charge is 0.463 e. The number of aryl methyl sites for hydroxylation is 1. The van der Waals surface area contributed by atoms with Gasteiger partial charge >= 0.3 is 5.97 Å². The SMILES string of the molecule is CC[C@H](COC(=O)C(C)C)Nc1ncc(C)c(-c2c[nH]c(C(=O)N[C@H](CO)c3cccc(Cl)c3)c2)n1. The molecule has 36 heavy (non-hydrogen) atoms. The summed E-state index contributed by atoms with van der Waals surface area (Å²) in [6.45, 7) is 7.39. The summed E-state index contributed by atoms with van der Waals surface area (Å²) in [7, 11) is 0. The molecule has 0 aliphatic heterocycles. The Morgan fingerprint density at radius 3 is 2.69 bits per heavy atom. The second-order valence-corrected chi connectivity index (χ2v) is 9.26. The molecule has 3 aromatic rings. The number of H-pyrrole nitrogens is 1. The van der Waals surface area contributed by atoms with E-state index < -0.39 is 6.04 Å². The van der Waals surface area contributed by atoms with Crippen LogP contribution in [0.25, 0.3) is 11.3 Å². The number of benzene rings is 1. The van der Waals surface area contributed by atoms with Crippen molar-refractivity contribution in [1.29, 1.82) is 0 Å². The Hall–Kier alpha value is -3.43. The Morgan fingerprint density at radius 1 is 1.25 bits per heavy atom. The quantitative estimate of drug-likeness (QED) is 0.281. The molecule has 0 saturated heterocycles. The summed E-state index contributed by atoms with van der Waals surface area (Å²) in [4.78, 5) is 36.6. The van der Waals surface area contributed by atoms with E-state index in [1.54, 1.807) is 56.6 Å². The zero-order valence-electron chi connectivity index (χ0n) is 20.8. The first kappa shape index (κ1) is 27.2. The Balaban J connectivity index is 1.72. The van der Waals surface area contributed by atoms with Gasteiger partial charge in [-0.05, 0) is 42.7 Å². The summed E-state index contributed by atoms with van der Waals surface area (Å²) in [5, 5.41) is 16.3. The number of aliphatic hydroxyl groups is 1. The maximum atomic E-state index is 12.9. The van der Waals surface area contributed by atoms with Crippen LogP contribution >= 0.6 is 11.6 Å². The highest BCUT2D eigenvalue weighted by molar-refractivity contribution is 6.30. The normalized spacial score (nSPS) is 12.8. The van der Waals surface area contributed by atoms with Crippen molar-refractivity contribution < 1.29 is 19.4 Å². The highest BCUT2D eigenvalue weighted by Gasteiger charge is 2.19. The Morgan fingerprint density at radius 2 is 2.03 bits per heavy atom. The molecular formula is C26H32ClN5O4. The van der Waals surface area contributed by atoms with E-state index in [0.717, 1.165) is 5.56 Å². The standard InChI is InChI=1S/C26H32ClN5O4/c1-5-20(14-36-25(35)15(2)3)30-26-29-11-16(4)23(32-26)18-10-21(28-12-18)24(34)31-22(13-33)17-7-6-8-19(27)9-17/h6-12,15,20,22,28,33H,5,13-14H2,1-4H3,(H,31,34)(H,29,30,32)/t20-,22-/m1/s1. The number of aliphatic hydroxyl groups excluding tert-OH is 1. The van der Waals surface area contributed by atoms with Crippen LogP contribution in [0, 0.1) is 12.8 Å². The first-order valence-corrected chi connectivity index (χ1v) is 12.2. The molecule has 0 aliphatic rings. The summed E-state index contributed by atoms with van der Waals surface area (Å²) in [5.41, 5.74) is 3.23. The van der Waals surface area contributed by atoms with Gasteiger partial charge in [0, 0.05) is 23.0 Å². The van der Waals surface area contributed by atoms with Crippen LogP contribution in [0.15, 0.2) is 42.7 Å². The van der Waals surface area contributed by atoms with E-state index in [1.165, 1.54) is 0 Å². The molecule has 1 aromatic carbocycles. The summed E-state index contributed by atoms with van der Waals surface area (Å²) in [6.07, 6.45) is 4.11. The first-order chi connectivity index (χ1) is 17.2. The Bertz CT molecular complexity index is 1200. The van der Waals surface area contributed by atoms with Crippen molar-refractivity contribution in [2.24, 2.45) is 5.92 Å². The van der Waals surface area contributed by atoms with Gasteiger partial charge in [-0.15, -0.1) is 0 Å². The van der Waals surface area contributed by atoms with E-state index in [-0.39, 0.29) is 37.0 Å². The minimum Gasteiger partial charge on any atom is -0.463 e. The number of carbonyl (C=O) groups excluding carboxylic acids is 2. The van der Waals surface area contributed by atoms with Crippen LogP contribution in [0.4, 0.5) is 5.95 Å². The number of hydrogen-bond acceptors (Lipinski definition) is 7. The van der Waals surface area contributed by atoms with Crippen LogP contribution in [-0.4, -0.2) is 51.2 Å². The maximum absolute atomic E-state index is 12.9. The number of esters is 1. The zero-order valence-corrected chi connectivity index (χ0v) is 21.6. The molecule has 2 aromatic heterocycles. The summed E-state index contributed by atoms with van der Waals surface area (Å²) in [5.74, 6) is -0.416. The number of hydrogen-bond donors (Lipinski definition) is 4. The third-order valence-electron chi connectivity index (χ3n) is 5.64. The fourth-order valence-corrected chi connectivity index (χ4v) is 3.65. The first-order valence-electron chi connectivity index (χ1n) is 11.8. The van der Waals surface area contributed by atoms with Gasteiger partial charge in [0.25, 0.3) is 5.91 Å². The summed E-state index contributed by atoms with van der Waals surface area (Å²) in [6, 6.07) is 7.94.